The largest absolute Gasteiger partial charge is 0.606 e. The summed E-state index contributed by atoms with van der Waals surface area (Å²) in [5, 5.41) is 0. The second kappa shape index (κ2) is 10.1. The summed E-state index contributed by atoms with van der Waals surface area (Å²) in [6.45, 7) is 0. The lowest BCUT2D eigenvalue weighted by molar-refractivity contribution is 0.594. The van der Waals surface area contributed by atoms with Gasteiger partial charge in [0.15, 0.2) is 9.79 Å². The first-order chi connectivity index (χ1) is 14.1. The van der Waals surface area contributed by atoms with Crippen LogP contribution in [0.2, 0.25) is 0 Å². The zero-order valence-electron chi connectivity index (χ0n) is 15.6. The van der Waals surface area contributed by atoms with E-state index in [4.69, 9.17) is 0 Å². The monoisotopic (exact) mass is 420 g/mol. The Morgan fingerprint density at radius 2 is 0.759 bits per heavy atom. The third-order valence-corrected chi connectivity index (χ3v) is 7.21. The summed E-state index contributed by atoms with van der Waals surface area (Å²) < 4.78 is 36.0. The van der Waals surface area contributed by atoms with Crippen LogP contribution in [-0.4, -0.2) is 13.0 Å². The summed E-state index contributed by atoms with van der Waals surface area (Å²) in [5.41, 5.74) is 0. The fourth-order valence-corrected chi connectivity index (χ4v) is 4.94. The van der Waals surface area contributed by atoms with Crippen LogP contribution in [0.4, 0.5) is 0 Å². The van der Waals surface area contributed by atoms with Crippen LogP contribution in [-0.2, 0) is 21.0 Å². The summed E-state index contributed by atoms with van der Waals surface area (Å²) in [5.74, 6) is 0. The van der Waals surface area contributed by atoms with E-state index < -0.39 is 21.0 Å². The van der Waals surface area contributed by atoms with Crippen molar-refractivity contribution in [3.8, 4) is 0 Å². The topological polar surface area (TPSA) is 57.2 Å². The van der Waals surface area contributed by atoms with E-state index in [0.29, 0.717) is 9.79 Å². The molecule has 0 aliphatic heterocycles. The molecule has 0 spiro atoms. The zero-order valence-corrected chi connectivity index (χ0v) is 17.2. The van der Waals surface area contributed by atoms with Crippen molar-refractivity contribution in [3.05, 3.63) is 121 Å². The predicted octanol–water partition coefficient (Wildman–Crippen LogP) is 5.37. The van der Waals surface area contributed by atoms with Crippen LogP contribution in [0.5, 0.6) is 0 Å². The standard InChI is InChI=1S/C12H10O2S.C12H10OS/c13-15(14,11-7-3-1-4-8-11)12-9-5-2-6-10-12;13-14(11-7-3-1-4-8-11)12-9-5-2-6-10-12/h1-10H;1-10H. The second-order valence-electron chi connectivity index (χ2n) is 6.02. The number of benzene rings is 4. The molecule has 0 fully saturated rings. The van der Waals surface area contributed by atoms with Crippen molar-refractivity contribution in [1.82, 2.24) is 0 Å². The van der Waals surface area contributed by atoms with Crippen molar-refractivity contribution in [2.75, 3.05) is 0 Å². The quantitative estimate of drug-likeness (QED) is 0.417. The van der Waals surface area contributed by atoms with E-state index in [2.05, 4.69) is 0 Å². The highest BCUT2D eigenvalue weighted by Crippen LogP contribution is 2.20. The van der Waals surface area contributed by atoms with Crippen LogP contribution < -0.4 is 0 Å². The molecule has 4 rings (SSSR count). The fraction of sp³-hybridized carbons (Fsp3) is 0. The van der Waals surface area contributed by atoms with Crippen LogP contribution in [0, 0.1) is 0 Å². The van der Waals surface area contributed by atoms with E-state index in [1.165, 1.54) is 0 Å². The molecule has 0 atom stereocenters. The molecule has 0 heterocycles. The molecule has 0 saturated heterocycles. The first-order valence-electron chi connectivity index (χ1n) is 8.96. The lowest BCUT2D eigenvalue weighted by Crippen LogP contribution is -2.00. The van der Waals surface area contributed by atoms with Gasteiger partial charge < -0.3 is 4.55 Å². The molecule has 4 aromatic carbocycles. The van der Waals surface area contributed by atoms with E-state index in [-0.39, 0.29) is 0 Å². The number of hydrogen-bond acceptors (Lipinski definition) is 3. The highest BCUT2D eigenvalue weighted by atomic mass is 32.2. The first-order valence-corrected chi connectivity index (χ1v) is 11.6. The minimum Gasteiger partial charge on any atom is -0.606 e. The molecule has 0 aliphatic rings. The van der Waals surface area contributed by atoms with Gasteiger partial charge in [-0.1, -0.05) is 72.8 Å². The van der Waals surface area contributed by atoms with Gasteiger partial charge >= 0.3 is 0 Å². The molecule has 0 unspecified atom stereocenters. The van der Waals surface area contributed by atoms with Gasteiger partial charge in [0, 0.05) is 11.2 Å². The molecule has 0 radical (unpaired) electrons. The maximum absolute atomic E-state index is 12.0. The fourth-order valence-electron chi connectivity index (χ4n) is 2.56. The highest BCUT2D eigenvalue weighted by Gasteiger charge is 2.15. The molecule has 3 nitrogen and oxygen atoms in total. The SMILES string of the molecule is O=S(=O)(c1ccccc1)c1ccccc1.[O-][S+](c1ccccc1)c1ccccc1. The number of rotatable bonds is 4. The molecular weight excluding hydrogens is 400 g/mol. The Balaban J connectivity index is 0.000000166. The van der Waals surface area contributed by atoms with E-state index in [9.17, 15) is 13.0 Å². The van der Waals surface area contributed by atoms with Gasteiger partial charge in [0.25, 0.3) is 0 Å². The summed E-state index contributed by atoms with van der Waals surface area (Å²) in [6, 6.07) is 35.8. The van der Waals surface area contributed by atoms with Gasteiger partial charge in [-0.05, 0) is 48.5 Å². The molecule has 0 aromatic heterocycles. The Labute approximate surface area is 174 Å². The van der Waals surface area contributed by atoms with Gasteiger partial charge in [-0.15, -0.1) is 0 Å². The van der Waals surface area contributed by atoms with Crippen molar-refractivity contribution in [3.63, 3.8) is 0 Å². The van der Waals surface area contributed by atoms with Crippen molar-refractivity contribution in [2.24, 2.45) is 0 Å². The van der Waals surface area contributed by atoms with Crippen LogP contribution in [0.15, 0.2) is 141 Å². The normalized spacial score (nSPS) is 10.8. The smallest absolute Gasteiger partial charge is 0.206 e. The zero-order chi connectivity index (χ0) is 20.5. The first kappa shape index (κ1) is 20.9. The lowest BCUT2D eigenvalue weighted by atomic mass is 10.4. The van der Waals surface area contributed by atoms with Crippen molar-refractivity contribution < 1.29 is 13.0 Å². The molecule has 0 aliphatic carbocycles. The molecule has 0 amide bonds. The van der Waals surface area contributed by atoms with Crippen LogP contribution in [0.25, 0.3) is 0 Å². The third kappa shape index (κ3) is 5.57. The maximum Gasteiger partial charge on any atom is 0.206 e. The maximum atomic E-state index is 12.0. The third-order valence-electron chi connectivity index (χ3n) is 4.02. The predicted molar refractivity (Wildman–Crippen MR) is 116 cm³/mol. The Kier molecular flexibility index (Phi) is 7.25. The Bertz CT molecular complexity index is 1010. The number of hydrogen-bond donors (Lipinski definition) is 0. The summed E-state index contributed by atoms with van der Waals surface area (Å²) in [7, 11) is -3.34. The molecule has 0 bridgehead atoms. The van der Waals surface area contributed by atoms with Gasteiger partial charge in [0.05, 0.1) is 9.79 Å². The van der Waals surface area contributed by atoms with E-state index >= 15 is 0 Å². The van der Waals surface area contributed by atoms with Crippen LogP contribution in [0.1, 0.15) is 0 Å². The van der Waals surface area contributed by atoms with E-state index in [1.54, 1.807) is 60.7 Å². The molecule has 5 heteroatoms. The van der Waals surface area contributed by atoms with Gasteiger partial charge in [-0.3, -0.25) is 0 Å². The minimum absolute atomic E-state index is 0.330. The average Bonchev–Trinajstić information content (AvgIpc) is 2.81. The van der Waals surface area contributed by atoms with E-state index in [1.807, 2.05) is 60.7 Å². The molecule has 4 aromatic rings. The average molecular weight is 421 g/mol. The Morgan fingerprint density at radius 3 is 1.07 bits per heavy atom. The molecule has 0 N–H and O–H groups in total. The lowest BCUT2D eigenvalue weighted by Gasteiger charge is -2.08. The molecule has 0 saturated carbocycles. The molecule has 29 heavy (non-hydrogen) atoms. The summed E-state index contributed by atoms with van der Waals surface area (Å²) in [4.78, 5) is 2.35. The van der Waals surface area contributed by atoms with Crippen LogP contribution >= 0.6 is 0 Å². The molecular formula is C24H20O3S2. The van der Waals surface area contributed by atoms with Gasteiger partial charge in [0.2, 0.25) is 9.84 Å². The van der Waals surface area contributed by atoms with Crippen molar-refractivity contribution >= 4 is 21.0 Å². The van der Waals surface area contributed by atoms with Crippen LogP contribution in [0.3, 0.4) is 0 Å². The summed E-state index contributed by atoms with van der Waals surface area (Å²) in [6.07, 6.45) is 0. The van der Waals surface area contributed by atoms with Crippen molar-refractivity contribution in [1.29, 1.82) is 0 Å². The highest BCUT2D eigenvalue weighted by molar-refractivity contribution is 7.91. The second-order valence-corrected chi connectivity index (χ2v) is 9.45. The Hall–Kier alpha value is -2.86. The van der Waals surface area contributed by atoms with E-state index in [0.717, 1.165) is 9.79 Å². The molecule has 146 valence electrons. The van der Waals surface area contributed by atoms with Crippen molar-refractivity contribution in [2.45, 2.75) is 19.6 Å². The van der Waals surface area contributed by atoms with Gasteiger partial charge in [-0.2, -0.15) is 0 Å². The van der Waals surface area contributed by atoms with Gasteiger partial charge in [0.1, 0.15) is 0 Å². The number of sulfone groups is 1. The Morgan fingerprint density at radius 1 is 0.483 bits per heavy atom. The summed E-state index contributed by atoms with van der Waals surface area (Å²) >= 11 is -1.05. The minimum atomic E-state index is -3.34. The van der Waals surface area contributed by atoms with Gasteiger partial charge in [-0.25, -0.2) is 8.42 Å².